The molecule has 0 aliphatic carbocycles. The summed E-state index contributed by atoms with van der Waals surface area (Å²) in [5.74, 6) is -0.199. The third-order valence-electron chi connectivity index (χ3n) is 1.79. The fraction of sp³-hybridized carbons (Fsp3) is 0.222. The summed E-state index contributed by atoms with van der Waals surface area (Å²) in [6.45, 7) is 1.67. The first-order chi connectivity index (χ1) is 6.93. The summed E-state index contributed by atoms with van der Waals surface area (Å²) in [6, 6.07) is 3.79. The van der Waals surface area contributed by atoms with Crippen molar-refractivity contribution in [3.63, 3.8) is 0 Å². The number of benzene rings is 1. The lowest BCUT2D eigenvalue weighted by Gasteiger charge is -2.04. The number of nitro groups is 1. The molecule has 1 aromatic rings. The van der Waals surface area contributed by atoms with Gasteiger partial charge in [0.1, 0.15) is 0 Å². The Kier molecular flexibility index (Phi) is 3.82. The summed E-state index contributed by atoms with van der Waals surface area (Å²) >= 11 is 8.88. The van der Waals surface area contributed by atoms with Gasteiger partial charge in [-0.2, -0.15) is 0 Å². The van der Waals surface area contributed by atoms with Gasteiger partial charge in [-0.05, 0) is 13.0 Å². The minimum absolute atomic E-state index is 0.0977. The average Bonchev–Trinajstić information content (AvgIpc) is 2.16. The van der Waals surface area contributed by atoms with E-state index in [1.165, 1.54) is 18.2 Å². The molecule has 0 saturated carbocycles. The quantitative estimate of drug-likeness (QED) is 0.372. The minimum atomic E-state index is -0.558. The van der Waals surface area contributed by atoms with Crippen molar-refractivity contribution in [3.05, 3.63) is 38.9 Å². The van der Waals surface area contributed by atoms with Gasteiger partial charge in [-0.3, -0.25) is 14.9 Å². The molecule has 0 spiro atoms. The van der Waals surface area contributed by atoms with Gasteiger partial charge in [0.15, 0.2) is 5.78 Å². The summed E-state index contributed by atoms with van der Waals surface area (Å²) in [6.07, 6.45) is 0. The minimum Gasteiger partial charge on any atom is -0.293 e. The summed E-state index contributed by atoms with van der Waals surface area (Å²) in [7, 11) is 0. The maximum atomic E-state index is 11.5. The van der Waals surface area contributed by atoms with Gasteiger partial charge in [0, 0.05) is 17.7 Å². The maximum Gasteiger partial charge on any atom is 0.270 e. The predicted octanol–water partition coefficient (Wildman–Crippen LogP) is 3.21. The highest BCUT2D eigenvalue weighted by Crippen LogP contribution is 2.24. The summed E-state index contributed by atoms with van der Waals surface area (Å²) < 4.78 is 0. The van der Waals surface area contributed by atoms with E-state index in [0.717, 1.165) is 0 Å². The molecule has 1 unspecified atom stereocenters. The Morgan fingerprint density at radius 1 is 1.60 bits per heavy atom. The molecular weight excluding hydrogens is 285 g/mol. The van der Waals surface area contributed by atoms with Crippen molar-refractivity contribution < 1.29 is 9.72 Å². The van der Waals surface area contributed by atoms with Crippen molar-refractivity contribution in [2.45, 2.75) is 11.8 Å². The number of hydrogen-bond donors (Lipinski definition) is 0. The van der Waals surface area contributed by atoms with Crippen LogP contribution in [-0.4, -0.2) is 15.5 Å². The molecule has 0 radical (unpaired) electrons. The van der Waals surface area contributed by atoms with Crippen LogP contribution in [0.4, 0.5) is 5.69 Å². The molecule has 80 valence electrons. The van der Waals surface area contributed by atoms with Crippen molar-refractivity contribution >= 4 is 39.0 Å². The summed E-state index contributed by atoms with van der Waals surface area (Å²) in [5, 5.41) is 10.5. The summed E-state index contributed by atoms with van der Waals surface area (Å²) in [5.41, 5.74) is 0.158. The Morgan fingerprint density at radius 2 is 2.20 bits per heavy atom. The average molecular weight is 293 g/mol. The number of alkyl halides is 1. The van der Waals surface area contributed by atoms with Gasteiger partial charge >= 0.3 is 0 Å². The molecule has 15 heavy (non-hydrogen) atoms. The van der Waals surface area contributed by atoms with E-state index in [1.807, 2.05) is 0 Å². The number of nitro benzene ring substituents is 1. The fourth-order valence-electron chi connectivity index (χ4n) is 1.03. The fourth-order valence-corrected chi connectivity index (χ4v) is 1.55. The smallest absolute Gasteiger partial charge is 0.270 e. The lowest BCUT2D eigenvalue weighted by Crippen LogP contribution is -2.10. The SMILES string of the molecule is CC(Br)C(=O)c1ccc([N+](=O)[O-])cc1Cl. The van der Waals surface area contributed by atoms with E-state index >= 15 is 0 Å². The van der Waals surface area contributed by atoms with Crippen LogP contribution in [0.25, 0.3) is 0 Å². The van der Waals surface area contributed by atoms with Crippen LogP contribution in [0.15, 0.2) is 18.2 Å². The number of rotatable bonds is 3. The number of non-ortho nitro benzene ring substituents is 1. The van der Waals surface area contributed by atoms with Crippen LogP contribution >= 0.6 is 27.5 Å². The third-order valence-corrected chi connectivity index (χ3v) is 2.52. The molecule has 0 heterocycles. The Balaban J connectivity index is 3.14. The van der Waals surface area contributed by atoms with Gasteiger partial charge in [-0.15, -0.1) is 0 Å². The molecule has 1 aromatic carbocycles. The zero-order chi connectivity index (χ0) is 11.6. The van der Waals surface area contributed by atoms with Gasteiger partial charge in [0.05, 0.1) is 14.8 Å². The van der Waals surface area contributed by atoms with E-state index in [0.29, 0.717) is 0 Å². The maximum absolute atomic E-state index is 11.5. The topological polar surface area (TPSA) is 60.2 Å². The van der Waals surface area contributed by atoms with E-state index < -0.39 is 4.92 Å². The lowest BCUT2D eigenvalue weighted by molar-refractivity contribution is -0.384. The molecule has 1 atom stereocenters. The predicted molar refractivity (Wildman–Crippen MR) is 60.8 cm³/mol. The van der Waals surface area contributed by atoms with Crippen molar-refractivity contribution in [3.8, 4) is 0 Å². The molecule has 0 fully saturated rings. The number of ketones is 1. The van der Waals surface area contributed by atoms with Gasteiger partial charge < -0.3 is 0 Å². The number of Topliss-reactive ketones (excluding diaryl/α,β-unsaturated/α-hetero) is 1. The first-order valence-electron chi connectivity index (χ1n) is 4.05. The molecule has 0 saturated heterocycles. The Morgan fingerprint density at radius 3 is 2.60 bits per heavy atom. The molecule has 6 heteroatoms. The van der Waals surface area contributed by atoms with Crippen LogP contribution in [0, 0.1) is 10.1 Å². The van der Waals surface area contributed by atoms with Crippen molar-refractivity contribution in [1.82, 2.24) is 0 Å². The first-order valence-corrected chi connectivity index (χ1v) is 5.35. The third kappa shape index (κ3) is 2.76. The highest BCUT2D eigenvalue weighted by molar-refractivity contribution is 9.10. The zero-order valence-corrected chi connectivity index (χ0v) is 10.1. The monoisotopic (exact) mass is 291 g/mol. The Hall–Kier alpha value is -0.940. The first kappa shape index (κ1) is 12.1. The van der Waals surface area contributed by atoms with Crippen molar-refractivity contribution in [1.29, 1.82) is 0 Å². The molecule has 0 aromatic heterocycles. The van der Waals surface area contributed by atoms with Crippen molar-refractivity contribution in [2.24, 2.45) is 0 Å². The van der Waals surface area contributed by atoms with E-state index in [-0.39, 0.29) is 26.9 Å². The molecule has 0 N–H and O–H groups in total. The van der Waals surface area contributed by atoms with Gasteiger partial charge in [0.2, 0.25) is 0 Å². The highest BCUT2D eigenvalue weighted by atomic mass is 79.9. The highest BCUT2D eigenvalue weighted by Gasteiger charge is 2.17. The lowest BCUT2D eigenvalue weighted by atomic mass is 10.1. The number of carbonyl (C=O) groups is 1. The molecule has 0 aliphatic rings. The second kappa shape index (κ2) is 4.72. The normalized spacial score (nSPS) is 12.2. The zero-order valence-electron chi connectivity index (χ0n) is 7.74. The van der Waals surface area contributed by atoms with E-state index in [9.17, 15) is 14.9 Å². The molecule has 0 amide bonds. The van der Waals surface area contributed by atoms with Crippen LogP contribution in [0.1, 0.15) is 17.3 Å². The van der Waals surface area contributed by atoms with Gasteiger partial charge in [-0.25, -0.2) is 0 Å². The second-order valence-electron chi connectivity index (χ2n) is 2.90. The standard InChI is InChI=1S/C9H7BrClNO3/c1-5(10)9(13)7-3-2-6(12(14)15)4-8(7)11/h2-5H,1H3. The largest absolute Gasteiger partial charge is 0.293 e. The Labute approximate surface area is 99.5 Å². The van der Waals surface area contributed by atoms with Crippen molar-refractivity contribution in [2.75, 3.05) is 0 Å². The van der Waals surface area contributed by atoms with E-state index in [2.05, 4.69) is 15.9 Å². The number of carbonyl (C=O) groups excluding carboxylic acids is 1. The Bertz CT molecular complexity index is 420. The molecular formula is C9H7BrClNO3. The number of halogens is 2. The van der Waals surface area contributed by atoms with E-state index in [1.54, 1.807) is 6.92 Å². The number of nitrogens with zero attached hydrogens (tertiary/aromatic N) is 1. The van der Waals surface area contributed by atoms with Gasteiger partial charge in [-0.1, -0.05) is 27.5 Å². The van der Waals surface area contributed by atoms with Gasteiger partial charge in [0.25, 0.3) is 5.69 Å². The van der Waals surface area contributed by atoms with Crippen LogP contribution in [-0.2, 0) is 0 Å². The summed E-state index contributed by atoms with van der Waals surface area (Å²) in [4.78, 5) is 21.0. The van der Waals surface area contributed by atoms with Crippen LogP contribution < -0.4 is 0 Å². The molecule has 0 bridgehead atoms. The second-order valence-corrected chi connectivity index (χ2v) is 4.68. The number of hydrogen-bond acceptors (Lipinski definition) is 3. The van der Waals surface area contributed by atoms with Crippen LogP contribution in [0.5, 0.6) is 0 Å². The van der Waals surface area contributed by atoms with Crippen LogP contribution in [0.3, 0.4) is 0 Å². The molecule has 1 rings (SSSR count). The molecule has 0 aliphatic heterocycles. The van der Waals surface area contributed by atoms with Crippen LogP contribution in [0.2, 0.25) is 5.02 Å². The van der Waals surface area contributed by atoms with E-state index in [4.69, 9.17) is 11.6 Å². The molecule has 4 nitrogen and oxygen atoms in total.